The van der Waals surface area contributed by atoms with E-state index in [1.54, 1.807) is 25.1 Å². The van der Waals surface area contributed by atoms with Gasteiger partial charge in [0.15, 0.2) is 5.75 Å². The summed E-state index contributed by atoms with van der Waals surface area (Å²) in [5.74, 6) is 1.30. The molecule has 0 radical (unpaired) electrons. The molecule has 0 aliphatic heterocycles. The molecule has 0 bridgehead atoms. The van der Waals surface area contributed by atoms with Crippen molar-refractivity contribution in [1.82, 2.24) is 9.78 Å². The van der Waals surface area contributed by atoms with Crippen molar-refractivity contribution in [3.05, 3.63) is 41.7 Å². The van der Waals surface area contributed by atoms with Crippen molar-refractivity contribution in [3.63, 3.8) is 0 Å². The highest BCUT2D eigenvalue weighted by molar-refractivity contribution is 5.38. The SMILES string of the molecule is CCCn1ncc(OC)c1C(O)c1cccc(OC)c1. The smallest absolute Gasteiger partial charge is 0.163 e. The molecule has 5 heteroatoms. The molecule has 1 N–H and O–H groups in total. The molecule has 1 aromatic carbocycles. The second kappa shape index (κ2) is 6.43. The van der Waals surface area contributed by atoms with Gasteiger partial charge in [-0.2, -0.15) is 5.10 Å². The highest BCUT2D eigenvalue weighted by Crippen LogP contribution is 2.31. The van der Waals surface area contributed by atoms with Crippen LogP contribution < -0.4 is 9.47 Å². The van der Waals surface area contributed by atoms with E-state index in [1.165, 1.54) is 0 Å². The molecule has 0 saturated carbocycles. The largest absolute Gasteiger partial charge is 0.497 e. The van der Waals surface area contributed by atoms with Crippen LogP contribution in [0.3, 0.4) is 0 Å². The van der Waals surface area contributed by atoms with Gasteiger partial charge < -0.3 is 14.6 Å². The predicted molar refractivity (Wildman–Crippen MR) is 76.1 cm³/mol. The molecule has 0 fully saturated rings. The van der Waals surface area contributed by atoms with Crippen molar-refractivity contribution in [3.8, 4) is 11.5 Å². The number of aryl methyl sites for hydroxylation is 1. The van der Waals surface area contributed by atoms with Crippen molar-refractivity contribution >= 4 is 0 Å². The zero-order chi connectivity index (χ0) is 14.5. The molecule has 0 aliphatic carbocycles. The number of methoxy groups -OCH3 is 2. The summed E-state index contributed by atoms with van der Waals surface area (Å²) in [5.41, 5.74) is 1.42. The highest BCUT2D eigenvalue weighted by atomic mass is 16.5. The first-order valence-corrected chi connectivity index (χ1v) is 6.63. The summed E-state index contributed by atoms with van der Waals surface area (Å²) >= 11 is 0. The summed E-state index contributed by atoms with van der Waals surface area (Å²) in [4.78, 5) is 0. The Balaban J connectivity index is 2.40. The van der Waals surface area contributed by atoms with Gasteiger partial charge in [0.25, 0.3) is 0 Å². The molecule has 5 nitrogen and oxygen atoms in total. The Morgan fingerprint density at radius 1 is 1.30 bits per heavy atom. The van der Waals surface area contributed by atoms with Gasteiger partial charge in [0, 0.05) is 6.54 Å². The number of aromatic nitrogens is 2. The number of benzene rings is 1. The van der Waals surface area contributed by atoms with Crippen LogP contribution in [0.5, 0.6) is 11.5 Å². The number of hydrogen-bond donors (Lipinski definition) is 1. The maximum Gasteiger partial charge on any atom is 0.163 e. The fourth-order valence-corrected chi connectivity index (χ4v) is 2.17. The van der Waals surface area contributed by atoms with E-state index in [9.17, 15) is 5.11 Å². The summed E-state index contributed by atoms with van der Waals surface area (Å²) in [6, 6.07) is 7.37. The third-order valence-electron chi connectivity index (χ3n) is 3.17. The first-order valence-electron chi connectivity index (χ1n) is 6.63. The summed E-state index contributed by atoms with van der Waals surface area (Å²) in [7, 11) is 3.18. The van der Waals surface area contributed by atoms with Crippen molar-refractivity contribution < 1.29 is 14.6 Å². The first-order chi connectivity index (χ1) is 9.71. The van der Waals surface area contributed by atoms with Crippen LogP contribution in [-0.2, 0) is 6.54 Å². The van der Waals surface area contributed by atoms with Gasteiger partial charge in [-0.05, 0) is 24.1 Å². The summed E-state index contributed by atoms with van der Waals surface area (Å²) in [6.07, 6.45) is 1.77. The molecule has 20 heavy (non-hydrogen) atoms. The van der Waals surface area contributed by atoms with Crippen LogP contribution in [0.1, 0.15) is 30.7 Å². The lowest BCUT2D eigenvalue weighted by Gasteiger charge is -2.15. The molecule has 1 aromatic heterocycles. The minimum Gasteiger partial charge on any atom is -0.497 e. The Morgan fingerprint density at radius 3 is 2.75 bits per heavy atom. The van der Waals surface area contributed by atoms with Crippen LogP contribution in [-0.4, -0.2) is 29.1 Å². The number of rotatable bonds is 6. The van der Waals surface area contributed by atoms with Crippen LogP contribution in [0.25, 0.3) is 0 Å². The van der Waals surface area contributed by atoms with Crippen LogP contribution in [0, 0.1) is 0 Å². The Kier molecular flexibility index (Phi) is 4.63. The van der Waals surface area contributed by atoms with E-state index in [-0.39, 0.29) is 0 Å². The van der Waals surface area contributed by atoms with E-state index in [0.29, 0.717) is 17.2 Å². The van der Waals surface area contributed by atoms with E-state index in [4.69, 9.17) is 9.47 Å². The molecule has 0 aliphatic rings. The molecule has 2 aromatic rings. The van der Waals surface area contributed by atoms with Crippen molar-refractivity contribution in [2.24, 2.45) is 0 Å². The Bertz CT molecular complexity index is 566. The van der Waals surface area contributed by atoms with Crippen LogP contribution in [0.2, 0.25) is 0 Å². The minimum atomic E-state index is -0.797. The number of aliphatic hydroxyl groups is 1. The molecule has 0 amide bonds. The van der Waals surface area contributed by atoms with E-state index in [2.05, 4.69) is 12.0 Å². The van der Waals surface area contributed by atoms with Crippen LogP contribution in [0.15, 0.2) is 30.5 Å². The summed E-state index contributed by atoms with van der Waals surface area (Å²) in [6.45, 7) is 2.80. The number of ether oxygens (including phenoxy) is 2. The van der Waals surface area contributed by atoms with Crippen molar-refractivity contribution in [2.45, 2.75) is 26.0 Å². The van der Waals surface area contributed by atoms with E-state index < -0.39 is 6.10 Å². The number of hydrogen-bond acceptors (Lipinski definition) is 4. The third-order valence-corrected chi connectivity index (χ3v) is 3.17. The fourth-order valence-electron chi connectivity index (χ4n) is 2.17. The van der Waals surface area contributed by atoms with Gasteiger partial charge in [-0.3, -0.25) is 4.68 Å². The molecule has 1 atom stereocenters. The van der Waals surface area contributed by atoms with Crippen LogP contribution >= 0.6 is 0 Å². The van der Waals surface area contributed by atoms with Gasteiger partial charge >= 0.3 is 0 Å². The fraction of sp³-hybridized carbons (Fsp3) is 0.400. The Hall–Kier alpha value is -2.01. The lowest BCUT2D eigenvalue weighted by molar-refractivity contribution is 0.201. The molecule has 0 saturated heterocycles. The second-order valence-corrected chi connectivity index (χ2v) is 4.50. The van der Waals surface area contributed by atoms with Gasteiger partial charge in [-0.1, -0.05) is 19.1 Å². The number of aliphatic hydroxyl groups excluding tert-OH is 1. The molecule has 1 unspecified atom stereocenters. The van der Waals surface area contributed by atoms with E-state index >= 15 is 0 Å². The maximum absolute atomic E-state index is 10.6. The topological polar surface area (TPSA) is 56.5 Å². The molecular weight excluding hydrogens is 256 g/mol. The first kappa shape index (κ1) is 14.4. The lowest BCUT2D eigenvalue weighted by atomic mass is 10.1. The van der Waals surface area contributed by atoms with Crippen molar-refractivity contribution in [2.75, 3.05) is 14.2 Å². The monoisotopic (exact) mass is 276 g/mol. The second-order valence-electron chi connectivity index (χ2n) is 4.50. The van der Waals surface area contributed by atoms with Gasteiger partial charge in [0.2, 0.25) is 0 Å². The normalized spacial score (nSPS) is 12.2. The quantitative estimate of drug-likeness (QED) is 0.880. The molecule has 2 rings (SSSR count). The van der Waals surface area contributed by atoms with Gasteiger partial charge in [-0.15, -0.1) is 0 Å². The highest BCUT2D eigenvalue weighted by Gasteiger charge is 2.21. The number of nitrogens with zero attached hydrogens (tertiary/aromatic N) is 2. The molecule has 0 spiro atoms. The predicted octanol–water partition coefficient (Wildman–Crippen LogP) is 2.39. The Labute approximate surface area is 118 Å². The van der Waals surface area contributed by atoms with Gasteiger partial charge in [0.1, 0.15) is 17.5 Å². The lowest BCUT2D eigenvalue weighted by Crippen LogP contribution is -2.11. The van der Waals surface area contributed by atoms with Crippen molar-refractivity contribution in [1.29, 1.82) is 0 Å². The zero-order valence-electron chi connectivity index (χ0n) is 12.0. The average Bonchev–Trinajstić information content (AvgIpc) is 2.89. The minimum absolute atomic E-state index is 0.591. The third kappa shape index (κ3) is 2.77. The van der Waals surface area contributed by atoms with Gasteiger partial charge in [-0.25, -0.2) is 0 Å². The summed E-state index contributed by atoms with van der Waals surface area (Å²) < 4.78 is 12.3. The van der Waals surface area contributed by atoms with Crippen LogP contribution in [0.4, 0.5) is 0 Å². The average molecular weight is 276 g/mol. The molecule has 108 valence electrons. The van der Waals surface area contributed by atoms with E-state index in [0.717, 1.165) is 18.5 Å². The Morgan fingerprint density at radius 2 is 2.10 bits per heavy atom. The van der Waals surface area contributed by atoms with Gasteiger partial charge in [0.05, 0.1) is 20.4 Å². The molecular formula is C15H20N2O3. The molecule has 1 heterocycles. The zero-order valence-corrected chi connectivity index (χ0v) is 12.0. The standard InChI is InChI=1S/C15H20N2O3/c1-4-8-17-14(13(20-3)10-16-17)15(18)11-6-5-7-12(9-11)19-2/h5-7,9-10,15,18H,4,8H2,1-3H3. The van der Waals surface area contributed by atoms with E-state index in [1.807, 2.05) is 24.3 Å². The summed E-state index contributed by atoms with van der Waals surface area (Å²) in [5, 5.41) is 14.9. The maximum atomic E-state index is 10.6.